The number of aliphatic hydroxyl groups excluding tert-OH is 5. The van der Waals surface area contributed by atoms with Crippen LogP contribution in [-0.2, 0) is 14.5 Å². The molecule has 0 aliphatic heterocycles. The van der Waals surface area contributed by atoms with Crippen molar-refractivity contribution in [1.82, 2.24) is 0 Å². The number of hydrogen-bond donors (Lipinski definition) is 5. The Balaban J connectivity index is 4.39. The van der Waals surface area contributed by atoms with Crippen LogP contribution in [0.1, 0.15) is 6.92 Å². The van der Waals surface area contributed by atoms with E-state index in [0.29, 0.717) is 6.61 Å². The Morgan fingerprint density at radius 2 is 1.10 bits per heavy atom. The van der Waals surface area contributed by atoms with Crippen molar-refractivity contribution >= 4 is 0 Å². The van der Waals surface area contributed by atoms with Crippen LogP contribution in [0.3, 0.4) is 0 Å². The normalized spacial score (nSPS) is 12.9. The van der Waals surface area contributed by atoms with Crippen LogP contribution in [0.4, 0.5) is 0 Å². The van der Waals surface area contributed by atoms with E-state index >= 15 is 0 Å². The molecule has 20 heavy (non-hydrogen) atoms. The molecular weight excluding hydrogens is 272 g/mol. The van der Waals surface area contributed by atoms with Crippen molar-refractivity contribution in [2.45, 2.75) is 6.92 Å². The molecule has 0 aromatic rings. The largest absolute Gasteiger partial charge is 0.396 e. The molecule has 8 nitrogen and oxygen atoms in total. The zero-order valence-corrected chi connectivity index (χ0v) is 11.8. The van der Waals surface area contributed by atoms with Gasteiger partial charge in [0.05, 0.1) is 70.3 Å². The monoisotopic (exact) mass is 298 g/mol. The van der Waals surface area contributed by atoms with Gasteiger partial charge in [-0.1, -0.05) is 0 Å². The van der Waals surface area contributed by atoms with Gasteiger partial charge < -0.3 is 30.3 Å². The minimum absolute atomic E-state index is 0.0712. The second-order valence-electron chi connectivity index (χ2n) is 4.95. The Bertz CT molecular complexity index is 219. The van der Waals surface area contributed by atoms with Crippen LogP contribution in [0, 0.1) is 10.8 Å². The highest BCUT2D eigenvalue weighted by atomic mass is 17.2. The van der Waals surface area contributed by atoms with Crippen LogP contribution in [0.25, 0.3) is 0 Å². The highest BCUT2D eigenvalue weighted by Gasteiger charge is 2.34. The molecular formula is C12H26O8. The van der Waals surface area contributed by atoms with E-state index in [1.165, 1.54) is 0 Å². The van der Waals surface area contributed by atoms with Crippen LogP contribution in [-0.4, -0.2) is 85.0 Å². The lowest BCUT2D eigenvalue weighted by molar-refractivity contribution is -0.314. The fraction of sp³-hybridized carbons (Fsp3) is 1.00. The Labute approximate surface area is 118 Å². The summed E-state index contributed by atoms with van der Waals surface area (Å²) in [6.45, 7) is -0.311. The Morgan fingerprint density at radius 1 is 0.650 bits per heavy atom. The zero-order valence-electron chi connectivity index (χ0n) is 11.8. The van der Waals surface area contributed by atoms with Gasteiger partial charge >= 0.3 is 0 Å². The SMILES string of the molecule is CCOOCC(CO)(CO)COCC(CO)(CO)CO. The van der Waals surface area contributed by atoms with Crippen molar-refractivity contribution in [3.63, 3.8) is 0 Å². The van der Waals surface area contributed by atoms with Gasteiger partial charge in [0.15, 0.2) is 0 Å². The van der Waals surface area contributed by atoms with Crippen molar-refractivity contribution < 1.29 is 40.0 Å². The molecule has 0 radical (unpaired) electrons. The van der Waals surface area contributed by atoms with E-state index in [4.69, 9.17) is 29.8 Å². The third kappa shape index (κ3) is 5.98. The van der Waals surface area contributed by atoms with Crippen LogP contribution in [0.5, 0.6) is 0 Å². The predicted octanol–water partition coefficient (Wildman–Crippen LogP) is -2.09. The zero-order chi connectivity index (χ0) is 15.5. The fourth-order valence-electron chi connectivity index (χ4n) is 1.30. The van der Waals surface area contributed by atoms with Gasteiger partial charge in [0.25, 0.3) is 0 Å². The summed E-state index contributed by atoms with van der Waals surface area (Å²) in [5.74, 6) is 0. The quantitative estimate of drug-likeness (QED) is 0.149. The smallest absolute Gasteiger partial charge is 0.0944 e. The second kappa shape index (κ2) is 10.4. The molecule has 0 amide bonds. The molecule has 0 unspecified atom stereocenters. The van der Waals surface area contributed by atoms with E-state index < -0.39 is 30.7 Å². The van der Waals surface area contributed by atoms with Crippen LogP contribution < -0.4 is 0 Å². The number of rotatable bonds is 13. The molecule has 122 valence electrons. The average Bonchev–Trinajstić information content (AvgIpc) is 2.51. The highest BCUT2D eigenvalue weighted by molar-refractivity contribution is 4.80. The van der Waals surface area contributed by atoms with Crippen LogP contribution in [0.2, 0.25) is 0 Å². The highest BCUT2D eigenvalue weighted by Crippen LogP contribution is 2.21. The molecule has 0 aliphatic rings. The molecule has 0 aromatic carbocycles. The van der Waals surface area contributed by atoms with E-state index in [0.717, 1.165) is 0 Å². The van der Waals surface area contributed by atoms with Gasteiger partial charge in [0.2, 0.25) is 0 Å². The minimum atomic E-state index is -1.16. The summed E-state index contributed by atoms with van der Waals surface area (Å²) in [5.41, 5.74) is -2.21. The molecule has 0 rings (SSSR count). The standard InChI is InChI=1S/C12H26O8/c1-2-19-20-10-12(6-16,7-17)9-18-8-11(3-13,4-14)5-15/h13-17H,2-10H2,1H3. The van der Waals surface area contributed by atoms with Crippen molar-refractivity contribution in [1.29, 1.82) is 0 Å². The first-order chi connectivity index (χ1) is 9.57. The summed E-state index contributed by atoms with van der Waals surface area (Å²) in [7, 11) is 0. The maximum Gasteiger partial charge on any atom is 0.0944 e. The number of ether oxygens (including phenoxy) is 1. The van der Waals surface area contributed by atoms with E-state index in [2.05, 4.69) is 0 Å². The van der Waals surface area contributed by atoms with Crippen LogP contribution >= 0.6 is 0 Å². The van der Waals surface area contributed by atoms with Gasteiger partial charge in [0, 0.05) is 0 Å². The Morgan fingerprint density at radius 3 is 1.50 bits per heavy atom. The molecule has 0 aliphatic carbocycles. The van der Waals surface area contributed by atoms with Gasteiger partial charge in [-0.05, 0) is 6.92 Å². The summed E-state index contributed by atoms with van der Waals surface area (Å²) in [6.07, 6.45) is 0. The van der Waals surface area contributed by atoms with Crippen molar-refractivity contribution in [2.75, 3.05) is 59.5 Å². The summed E-state index contributed by atoms with van der Waals surface area (Å²) < 4.78 is 5.31. The third-order valence-electron chi connectivity index (χ3n) is 3.06. The maximum absolute atomic E-state index is 9.35. The molecule has 0 spiro atoms. The Hall–Kier alpha value is -0.320. The molecule has 0 aromatic heterocycles. The van der Waals surface area contributed by atoms with E-state index in [-0.39, 0.29) is 33.0 Å². The molecule has 0 saturated heterocycles. The van der Waals surface area contributed by atoms with Crippen molar-refractivity contribution in [2.24, 2.45) is 10.8 Å². The average molecular weight is 298 g/mol. The van der Waals surface area contributed by atoms with E-state index in [1.54, 1.807) is 6.92 Å². The lowest BCUT2D eigenvalue weighted by atomic mass is 9.91. The minimum Gasteiger partial charge on any atom is -0.396 e. The fourth-order valence-corrected chi connectivity index (χ4v) is 1.30. The predicted molar refractivity (Wildman–Crippen MR) is 68.7 cm³/mol. The molecule has 8 heteroatoms. The summed E-state index contributed by atoms with van der Waals surface area (Å²) in [6, 6.07) is 0. The lowest BCUT2D eigenvalue weighted by Crippen LogP contribution is -2.43. The summed E-state index contributed by atoms with van der Waals surface area (Å²) in [4.78, 5) is 9.55. The third-order valence-corrected chi connectivity index (χ3v) is 3.06. The Kier molecular flexibility index (Phi) is 10.2. The summed E-state index contributed by atoms with van der Waals surface area (Å²) >= 11 is 0. The first kappa shape index (κ1) is 19.7. The first-order valence-corrected chi connectivity index (χ1v) is 6.44. The van der Waals surface area contributed by atoms with E-state index in [1.807, 2.05) is 0 Å². The van der Waals surface area contributed by atoms with Gasteiger partial charge in [-0.3, -0.25) is 0 Å². The van der Waals surface area contributed by atoms with Gasteiger partial charge in [-0.15, -0.1) is 0 Å². The van der Waals surface area contributed by atoms with E-state index in [9.17, 15) is 10.2 Å². The van der Waals surface area contributed by atoms with Gasteiger partial charge in [0.1, 0.15) is 0 Å². The second-order valence-corrected chi connectivity index (χ2v) is 4.95. The molecule has 0 saturated carbocycles. The van der Waals surface area contributed by atoms with Gasteiger partial charge in [-0.2, -0.15) is 0 Å². The maximum atomic E-state index is 9.35. The molecule has 0 heterocycles. The molecule has 0 bridgehead atoms. The van der Waals surface area contributed by atoms with Crippen LogP contribution in [0.15, 0.2) is 0 Å². The van der Waals surface area contributed by atoms with Gasteiger partial charge in [-0.25, -0.2) is 9.78 Å². The molecule has 5 N–H and O–H groups in total. The number of hydrogen-bond acceptors (Lipinski definition) is 8. The number of aliphatic hydroxyl groups is 5. The summed E-state index contributed by atoms with van der Waals surface area (Å²) in [5, 5.41) is 46.2. The molecule has 0 fully saturated rings. The lowest BCUT2D eigenvalue weighted by Gasteiger charge is -2.32. The van der Waals surface area contributed by atoms with Crippen molar-refractivity contribution in [3.05, 3.63) is 0 Å². The first-order valence-electron chi connectivity index (χ1n) is 6.44. The topological polar surface area (TPSA) is 129 Å². The van der Waals surface area contributed by atoms with Crippen molar-refractivity contribution in [3.8, 4) is 0 Å². The molecule has 0 atom stereocenters.